The molecule has 0 fully saturated rings. The molecule has 1 aliphatic heterocycles. The SMILES string of the molecule is CCc1ccc(N2C(=O)NC(c3ccc(F)cc3)C(c3nc(-c4cccc(Cl)c4)no3)=C2C)cc1. The van der Waals surface area contributed by atoms with Gasteiger partial charge in [0.2, 0.25) is 5.82 Å². The van der Waals surface area contributed by atoms with Crippen molar-refractivity contribution in [2.24, 2.45) is 0 Å². The van der Waals surface area contributed by atoms with Gasteiger partial charge in [0, 0.05) is 16.3 Å². The lowest BCUT2D eigenvalue weighted by molar-refractivity contribution is 0.244. The van der Waals surface area contributed by atoms with Crippen LogP contribution in [0.5, 0.6) is 0 Å². The standard InChI is InChI=1S/C27H22ClFN4O2/c1-3-17-7-13-22(14-8-17)33-16(2)23(24(30-27(33)34)18-9-11-21(29)12-10-18)26-31-25(32-35-26)19-5-4-6-20(28)15-19/h4-15,24H,3H2,1-2H3,(H,30,34). The van der Waals surface area contributed by atoms with E-state index in [0.717, 1.165) is 6.42 Å². The van der Waals surface area contributed by atoms with E-state index in [1.807, 2.05) is 43.3 Å². The number of hydrogen-bond donors (Lipinski definition) is 1. The van der Waals surface area contributed by atoms with Crippen LogP contribution < -0.4 is 10.2 Å². The van der Waals surface area contributed by atoms with Crippen LogP contribution in [0.25, 0.3) is 17.0 Å². The molecule has 0 saturated heterocycles. The zero-order valence-corrected chi connectivity index (χ0v) is 19.9. The monoisotopic (exact) mass is 488 g/mol. The number of anilines is 1. The fourth-order valence-corrected chi connectivity index (χ4v) is 4.38. The number of hydrogen-bond acceptors (Lipinski definition) is 4. The lowest BCUT2D eigenvalue weighted by Gasteiger charge is -2.35. The van der Waals surface area contributed by atoms with E-state index in [-0.39, 0.29) is 17.7 Å². The summed E-state index contributed by atoms with van der Waals surface area (Å²) in [5, 5.41) is 7.73. The van der Waals surface area contributed by atoms with Gasteiger partial charge >= 0.3 is 6.03 Å². The first-order valence-electron chi connectivity index (χ1n) is 11.2. The van der Waals surface area contributed by atoms with Gasteiger partial charge in [0.25, 0.3) is 5.89 Å². The number of urea groups is 1. The van der Waals surface area contributed by atoms with Crippen LogP contribution in [-0.4, -0.2) is 16.2 Å². The second kappa shape index (κ2) is 9.35. The number of nitrogens with one attached hydrogen (secondary N) is 1. The van der Waals surface area contributed by atoms with Gasteiger partial charge in [-0.1, -0.05) is 60.1 Å². The summed E-state index contributed by atoms with van der Waals surface area (Å²) in [6.45, 7) is 3.91. The first-order valence-corrected chi connectivity index (χ1v) is 11.6. The Bertz CT molecular complexity index is 1410. The number of amides is 2. The van der Waals surface area contributed by atoms with Gasteiger partial charge < -0.3 is 9.84 Å². The lowest BCUT2D eigenvalue weighted by Crippen LogP contribution is -2.46. The molecule has 8 heteroatoms. The quantitative estimate of drug-likeness (QED) is 0.335. The predicted molar refractivity (Wildman–Crippen MR) is 133 cm³/mol. The van der Waals surface area contributed by atoms with Crippen LogP contribution in [-0.2, 0) is 6.42 Å². The van der Waals surface area contributed by atoms with E-state index in [0.29, 0.717) is 38.9 Å². The minimum atomic E-state index is -0.609. The molecule has 35 heavy (non-hydrogen) atoms. The third-order valence-electron chi connectivity index (χ3n) is 6.03. The van der Waals surface area contributed by atoms with Gasteiger partial charge in [-0.15, -0.1) is 0 Å². The molecule has 0 saturated carbocycles. The highest BCUT2D eigenvalue weighted by molar-refractivity contribution is 6.30. The molecule has 0 bridgehead atoms. The minimum absolute atomic E-state index is 0.252. The Balaban J connectivity index is 1.64. The fraction of sp³-hybridized carbons (Fsp3) is 0.148. The summed E-state index contributed by atoms with van der Waals surface area (Å²) >= 11 is 6.13. The molecule has 5 rings (SSSR count). The van der Waals surface area contributed by atoms with Crippen molar-refractivity contribution in [1.29, 1.82) is 0 Å². The normalized spacial score (nSPS) is 15.9. The second-order valence-corrected chi connectivity index (χ2v) is 8.66. The zero-order chi connectivity index (χ0) is 24.5. The Morgan fingerprint density at radius 2 is 1.83 bits per heavy atom. The van der Waals surface area contributed by atoms with Gasteiger partial charge in [0.05, 0.1) is 17.3 Å². The number of rotatable bonds is 5. The number of benzene rings is 3. The van der Waals surface area contributed by atoms with Crippen molar-refractivity contribution in [3.63, 3.8) is 0 Å². The molecule has 2 heterocycles. The van der Waals surface area contributed by atoms with E-state index in [1.54, 1.807) is 29.2 Å². The summed E-state index contributed by atoms with van der Waals surface area (Å²) in [6, 6.07) is 20.0. The van der Waals surface area contributed by atoms with Gasteiger partial charge in [-0.05, 0) is 60.9 Å². The maximum absolute atomic E-state index is 13.6. The van der Waals surface area contributed by atoms with Crippen LogP contribution in [0.15, 0.2) is 83.0 Å². The van der Waals surface area contributed by atoms with E-state index < -0.39 is 6.04 Å². The van der Waals surface area contributed by atoms with Crippen LogP contribution in [0.1, 0.15) is 36.9 Å². The number of aryl methyl sites for hydroxylation is 1. The molecule has 4 aromatic rings. The van der Waals surface area contributed by atoms with Gasteiger partial charge in [-0.25, -0.2) is 9.18 Å². The molecule has 1 N–H and O–H groups in total. The highest BCUT2D eigenvalue weighted by Crippen LogP contribution is 2.39. The smallest absolute Gasteiger partial charge is 0.326 e. The molecular formula is C27H22ClFN4O2. The van der Waals surface area contributed by atoms with Crippen molar-refractivity contribution in [2.75, 3.05) is 4.90 Å². The first kappa shape index (κ1) is 22.8. The number of allylic oxidation sites excluding steroid dienone is 1. The van der Waals surface area contributed by atoms with Crippen LogP contribution in [0.2, 0.25) is 5.02 Å². The molecule has 6 nitrogen and oxygen atoms in total. The van der Waals surface area contributed by atoms with E-state index in [4.69, 9.17) is 16.1 Å². The average molecular weight is 489 g/mol. The molecule has 176 valence electrons. The molecule has 0 radical (unpaired) electrons. The highest BCUT2D eigenvalue weighted by atomic mass is 35.5. The Morgan fingerprint density at radius 1 is 1.09 bits per heavy atom. The highest BCUT2D eigenvalue weighted by Gasteiger charge is 2.36. The van der Waals surface area contributed by atoms with Crippen molar-refractivity contribution in [2.45, 2.75) is 26.3 Å². The topological polar surface area (TPSA) is 71.3 Å². The number of aromatic nitrogens is 2. The summed E-state index contributed by atoms with van der Waals surface area (Å²) in [7, 11) is 0. The fourth-order valence-electron chi connectivity index (χ4n) is 4.19. The van der Waals surface area contributed by atoms with Crippen molar-refractivity contribution in [3.8, 4) is 11.4 Å². The van der Waals surface area contributed by atoms with Crippen LogP contribution in [0.4, 0.5) is 14.9 Å². The van der Waals surface area contributed by atoms with Crippen molar-refractivity contribution < 1.29 is 13.7 Å². The van der Waals surface area contributed by atoms with E-state index in [1.165, 1.54) is 17.7 Å². The Hall–Kier alpha value is -3.97. The van der Waals surface area contributed by atoms with Gasteiger partial charge in [0.1, 0.15) is 5.82 Å². The average Bonchev–Trinajstić information content (AvgIpc) is 3.34. The summed E-state index contributed by atoms with van der Waals surface area (Å²) < 4.78 is 19.3. The maximum atomic E-state index is 13.6. The van der Waals surface area contributed by atoms with Crippen LogP contribution in [0, 0.1) is 5.82 Å². The van der Waals surface area contributed by atoms with Crippen molar-refractivity contribution in [1.82, 2.24) is 15.5 Å². The van der Waals surface area contributed by atoms with E-state index >= 15 is 0 Å². The maximum Gasteiger partial charge on any atom is 0.326 e. The molecule has 0 aliphatic carbocycles. The molecule has 0 spiro atoms. The van der Waals surface area contributed by atoms with Crippen molar-refractivity contribution >= 4 is 28.9 Å². The third-order valence-corrected chi connectivity index (χ3v) is 6.27. The number of carbonyl (C=O) groups is 1. The van der Waals surface area contributed by atoms with E-state index in [2.05, 4.69) is 22.4 Å². The Kier molecular flexibility index (Phi) is 6.09. The van der Waals surface area contributed by atoms with Gasteiger partial charge in [0.15, 0.2) is 0 Å². The van der Waals surface area contributed by atoms with Gasteiger partial charge in [-0.3, -0.25) is 4.90 Å². The van der Waals surface area contributed by atoms with E-state index in [9.17, 15) is 9.18 Å². The Labute approximate surface area is 207 Å². The molecule has 1 aliphatic rings. The molecule has 2 amide bonds. The van der Waals surface area contributed by atoms with Gasteiger partial charge in [-0.2, -0.15) is 4.98 Å². The predicted octanol–water partition coefficient (Wildman–Crippen LogP) is 6.79. The molecule has 1 aromatic heterocycles. The Morgan fingerprint density at radius 3 is 2.51 bits per heavy atom. The molecule has 1 atom stereocenters. The third kappa shape index (κ3) is 4.42. The molecule has 3 aromatic carbocycles. The minimum Gasteiger partial charge on any atom is -0.334 e. The van der Waals surface area contributed by atoms with Crippen LogP contribution in [0.3, 0.4) is 0 Å². The number of carbonyl (C=O) groups excluding carboxylic acids is 1. The lowest BCUT2D eigenvalue weighted by atomic mass is 9.94. The molecule has 1 unspecified atom stereocenters. The van der Waals surface area contributed by atoms with Crippen molar-refractivity contribution in [3.05, 3.63) is 106 Å². The largest absolute Gasteiger partial charge is 0.334 e. The first-order chi connectivity index (χ1) is 16.9. The summed E-state index contributed by atoms with van der Waals surface area (Å²) in [4.78, 5) is 19.5. The zero-order valence-electron chi connectivity index (χ0n) is 19.1. The summed E-state index contributed by atoms with van der Waals surface area (Å²) in [6.07, 6.45) is 0.896. The number of halogens is 2. The number of nitrogens with zero attached hydrogens (tertiary/aromatic N) is 3. The molecular weight excluding hydrogens is 467 g/mol. The second-order valence-electron chi connectivity index (χ2n) is 8.22. The summed E-state index contributed by atoms with van der Waals surface area (Å²) in [5.41, 5.74) is 4.53. The van der Waals surface area contributed by atoms with Crippen LogP contribution >= 0.6 is 11.6 Å². The summed E-state index contributed by atoms with van der Waals surface area (Å²) in [5.74, 6) is 0.259.